The summed E-state index contributed by atoms with van der Waals surface area (Å²) in [4.78, 5) is 0. The van der Waals surface area contributed by atoms with Gasteiger partial charge in [-0.05, 0) is 130 Å². The topological polar surface area (TPSA) is 36.9 Å². The van der Waals surface area contributed by atoms with Gasteiger partial charge in [-0.25, -0.2) is 0 Å². The Hall–Kier alpha value is -1.87. The average molecular weight is 667 g/mol. The van der Waals surface area contributed by atoms with Crippen LogP contribution >= 0.6 is 0 Å². The van der Waals surface area contributed by atoms with Crippen LogP contribution in [-0.4, -0.2) is 35.1 Å². The second-order valence-electron chi connectivity index (χ2n) is 17.2. The molecule has 6 heteroatoms. The minimum atomic E-state index is -2.02. The second kappa shape index (κ2) is 15.6. The van der Waals surface area contributed by atoms with Gasteiger partial charge in [0.25, 0.3) is 0 Å². The van der Waals surface area contributed by atoms with E-state index in [-0.39, 0.29) is 22.0 Å². The van der Waals surface area contributed by atoms with Gasteiger partial charge < -0.3 is 18.3 Å². The maximum absolute atomic E-state index is 6.82. The highest BCUT2D eigenvalue weighted by Crippen LogP contribution is 2.41. The predicted molar refractivity (Wildman–Crippen MR) is 203 cm³/mol. The van der Waals surface area contributed by atoms with Crippen LogP contribution in [-0.2, 0) is 15.9 Å². The summed E-state index contributed by atoms with van der Waals surface area (Å²) in [7, 11) is -4.04. The number of unbranched alkanes of at least 4 members (excludes halogenated alkanes) is 2. The molecule has 258 valence electrons. The van der Waals surface area contributed by atoms with Crippen LogP contribution in [0.5, 0.6) is 11.5 Å². The van der Waals surface area contributed by atoms with Gasteiger partial charge in [0.2, 0.25) is 16.6 Å². The zero-order valence-electron chi connectivity index (χ0n) is 31.7. The Balaban J connectivity index is 1.71. The molecule has 4 nitrogen and oxygen atoms in total. The molecule has 1 heterocycles. The molecule has 1 aliphatic heterocycles. The Morgan fingerprint density at radius 1 is 0.804 bits per heavy atom. The number of aryl methyl sites for hydroxylation is 1. The molecule has 2 aromatic rings. The highest BCUT2D eigenvalue weighted by molar-refractivity contribution is 6.75. The average Bonchev–Trinajstić information content (AvgIpc) is 2.91. The third-order valence-corrected chi connectivity index (χ3v) is 19.1. The van der Waals surface area contributed by atoms with Crippen molar-refractivity contribution in [2.24, 2.45) is 0 Å². The lowest BCUT2D eigenvalue weighted by atomic mass is 9.97. The van der Waals surface area contributed by atoms with Gasteiger partial charge in [-0.1, -0.05) is 84.7 Å². The first-order chi connectivity index (χ1) is 21.2. The quantitative estimate of drug-likeness (QED) is 0.114. The monoisotopic (exact) mass is 666 g/mol. The van der Waals surface area contributed by atoms with Crippen LogP contribution in [0.15, 0.2) is 42.5 Å². The Morgan fingerprint density at radius 3 is 1.96 bits per heavy atom. The summed E-state index contributed by atoms with van der Waals surface area (Å²) in [5.41, 5.74) is 4.86. The number of allylic oxidation sites excluding steroid dienone is 1. The van der Waals surface area contributed by atoms with Crippen molar-refractivity contribution >= 4 is 28.3 Å². The standard InChI is InChI=1S/C40H66O4Si2/c1-31(34-28-35(43-45(10,11)38(2,3)4)30-36(29-34)44-46(12,13)39(5,6)7)26-33-22-19-21-32(27-33)20-15-14-17-24-40(8,9)42-37-23-16-18-25-41-37/h19,21-22,26-30,37H,14-18,20,23-25H2,1-13H3. The van der Waals surface area contributed by atoms with Gasteiger partial charge >= 0.3 is 0 Å². The van der Waals surface area contributed by atoms with Gasteiger partial charge in [0.15, 0.2) is 6.29 Å². The third-order valence-electron chi connectivity index (χ3n) is 10.4. The molecule has 1 atom stereocenters. The second-order valence-corrected chi connectivity index (χ2v) is 26.7. The maximum atomic E-state index is 6.82. The van der Waals surface area contributed by atoms with E-state index in [0.29, 0.717) is 0 Å². The Kier molecular flexibility index (Phi) is 13.1. The summed E-state index contributed by atoms with van der Waals surface area (Å²) in [6.45, 7) is 30.4. The molecule has 1 unspecified atom stereocenters. The van der Waals surface area contributed by atoms with Gasteiger partial charge in [-0.3, -0.25) is 0 Å². The Bertz CT molecular complexity index is 1240. The van der Waals surface area contributed by atoms with Crippen LogP contribution in [0.2, 0.25) is 36.3 Å². The molecule has 3 rings (SSSR count). The van der Waals surface area contributed by atoms with E-state index in [0.717, 1.165) is 49.4 Å². The Labute approximate surface area is 284 Å². The van der Waals surface area contributed by atoms with Crippen LogP contribution < -0.4 is 8.85 Å². The lowest BCUT2D eigenvalue weighted by molar-refractivity contribution is -0.217. The zero-order chi connectivity index (χ0) is 34.4. The van der Waals surface area contributed by atoms with Crippen molar-refractivity contribution in [2.45, 2.75) is 162 Å². The Morgan fingerprint density at radius 2 is 1.41 bits per heavy atom. The molecule has 46 heavy (non-hydrogen) atoms. The molecule has 1 aliphatic rings. The molecule has 0 bridgehead atoms. The smallest absolute Gasteiger partial charge is 0.250 e. The first kappa shape index (κ1) is 38.6. The number of ether oxygens (including phenoxy) is 2. The molecule has 1 saturated heterocycles. The molecule has 0 N–H and O–H groups in total. The first-order valence-electron chi connectivity index (χ1n) is 17.8. The van der Waals surface area contributed by atoms with Gasteiger partial charge in [0.1, 0.15) is 11.5 Å². The zero-order valence-corrected chi connectivity index (χ0v) is 33.7. The van der Waals surface area contributed by atoms with Crippen molar-refractivity contribution in [3.8, 4) is 11.5 Å². The lowest BCUT2D eigenvalue weighted by Crippen LogP contribution is -2.44. The third kappa shape index (κ3) is 11.7. The van der Waals surface area contributed by atoms with Crippen molar-refractivity contribution in [1.82, 2.24) is 0 Å². The van der Waals surface area contributed by atoms with E-state index in [1.54, 1.807) is 0 Å². The first-order valence-corrected chi connectivity index (χ1v) is 23.6. The minimum absolute atomic E-state index is 0.0218. The van der Waals surface area contributed by atoms with Crippen LogP contribution in [0.1, 0.15) is 124 Å². The van der Waals surface area contributed by atoms with Crippen LogP contribution in [0.25, 0.3) is 11.6 Å². The summed E-state index contributed by atoms with van der Waals surface area (Å²) in [5.74, 6) is 1.83. The van der Waals surface area contributed by atoms with E-state index in [1.807, 2.05) is 0 Å². The van der Waals surface area contributed by atoms with Crippen molar-refractivity contribution in [2.75, 3.05) is 6.61 Å². The summed E-state index contributed by atoms with van der Waals surface area (Å²) in [6, 6.07) is 15.6. The fourth-order valence-corrected chi connectivity index (χ4v) is 7.29. The number of hydrogen-bond acceptors (Lipinski definition) is 4. The van der Waals surface area contributed by atoms with E-state index < -0.39 is 16.6 Å². The van der Waals surface area contributed by atoms with Crippen LogP contribution in [0.4, 0.5) is 0 Å². The van der Waals surface area contributed by atoms with Gasteiger partial charge in [0, 0.05) is 12.7 Å². The van der Waals surface area contributed by atoms with Crippen molar-refractivity contribution in [3.05, 3.63) is 59.2 Å². The molecule has 0 spiro atoms. The van der Waals surface area contributed by atoms with Crippen LogP contribution in [0.3, 0.4) is 0 Å². The van der Waals surface area contributed by atoms with Gasteiger partial charge in [0.05, 0.1) is 5.60 Å². The van der Waals surface area contributed by atoms with E-state index in [1.165, 1.54) is 42.4 Å². The molecule has 0 amide bonds. The lowest BCUT2D eigenvalue weighted by Gasteiger charge is -2.38. The molecule has 0 saturated carbocycles. The van der Waals surface area contributed by atoms with E-state index in [4.69, 9.17) is 18.3 Å². The summed E-state index contributed by atoms with van der Waals surface area (Å²) in [6.07, 6.45) is 11.4. The largest absolute Gasteiger partial charge is 0.543 e. The maximum Gasteiger partial charge on any atom is 0.250 e. The highest BCUT2D eigenvalue weighted by atomic mass is 28.4. The molecular weight excluding hydrogens is 601 g/mol. The fourth-order valence-electron chi connectivity index (χ4n) is 5.26. The number of hydrogen-bond donors (Lipinski definition) is 0. The minimum Gasteiger partial charge on any atom is -0.543 e. The molecule has 1 fully saturated rings. The molecule has 0 aliphatic carbocycles. The van der Waals surface area contributed by atoms with Gasteiger partial charge in [-0.15, -0.1) is 0 Å². The summed E-state index contributed by atoms with van der Waals surface area (Å²) >= 11 is 0. The van der Waals surface area contributed by atoms with Crippen LogP contribution in [0, 0.1) is 0 Å². The van der Waals surface area contributed by atoms with Crippen molar-refractivity contribution < 1.29 is 18.3 Å². The molecule has 0 radical (unpaired) electrons. The van der Waals surface area contributed by atoms with Gasteiger partial charge in [-0.2, -0.15) is 0 Å². The SMILES string of the molecule is CC(=Cc1cccc(CCCCCC(C)(C)OC2CCCCO2)c1)c1cc(O[Si](C)(C)C(C)(C)C)cc(O[Si](C)(C)C(C)(C)C)c1. The highest BCUT2D eigenvalue weighted by Gasteiger charge is 2.40. The molecular formula is C40H66O4Si2. The molecule has 0 aromatic heterocycles. The normalized spacial score (nSPS) is 17.2. The van der Waals surface area contributed by atoms with E-state index in [9.17, 15) is 0 Å². The van der Waals surface area contributed by atoms with E-state index in [2.05, 4.69) is 137 Å². The molecule has 2 aromatic carbocycles. The summed E-state index contributed by atoms with van der Waals surface area (Å²) in [5, 5.41) is 0.228. The van der Waals surface area contributed by atoms with Crippen molar-refractivity contribution in [1.29, 1.82) is 0 Å². The van der Waals surface area contributed by atoms with Crippen molar-refractivity contribution in [3.63, 3.8) is 0 Å². The fraction of sp³-hybridized carbons (Fsp3) is 0.650. The number of rotatable bonds is 14. The van der Waals surface area contributed by atoms with E-state index >= 15 is 0 Å². The number of benzene rings is 2. The summed E-state index contributed by atoms with van der Waals surface area (Å²) < 4.78 is 25.7. The predicted octanol–water partition coefficient (Wildman–Crippen LogP) is 12.4.